The summed E-state index contributed by atoms with van der Waals surface area (Å²) in [4.78, 5) is 17.2. The van der Waals surface area contributed by atoms with Crippen LogP contribution < -0.4 is 5.32 Å². The molecule has 4 nitrogen and oxygen atoms in total. The van der Waals surface area contributed by atoms with Crippen LogP contribution in [0.2, 0.25) is 0 Å². The van der Waals surface area contributed by atoms with Gasteiger partial charge in [-0.15, -0.1) is 11.8 Å². The van der Waals surface area contributed by atoms with Crippen LogP contribution in [-0.4, -0.2) is 35.4 Å². The Labute approximate surface area is 132 Å². The van der Waals surface area contributed by atoms with E-state index in [2.05, 4.69) is 10.3 Å². The molecule has 0 aliphatic carbocycles. The predicted molar refractivity (Wildman–Crippen MR) is 87.5 cm³/mol. The smallest absolute Gasteiger partial charge is 0.325 e. The van der Waals surface area contributed by atoms with Gasteiger partial charge in [0, 0.05) is 23.3 Å². The Hall–Kier alpha value is -1.07. The highest BCUT2D eigenvalue weighted by atomic mass is 32.2. The van der Waals surface area contributed by atoms with Crippen LogP contribution in [0.1, 0.15) is 40.0 Å². The second-order valence-electron chi connectivity index (χ2n) is 5.61. The monoisotopic (exact) mass is 310 g/mol. The van der Waals surface area contributed by atoms with E-state index in [1.807, 2.05) is 57.1 Å². The van der Waals surface area contributed by atoms with Crippen LogP contribution in [-0.2, 0) is 9.53 Å². The number of nitrogens with one attached hydrogen (secondary N) is 1. The minimum absolute atomic E-state index is 0.182. The van der Waals surface area contributed by atoms with Crippen LogP contribution in [0, 0.1) is 0 Å². The first-order chi connectivity index (χ1) is 9.98. The maximum absolute atomic E-state index is 12.0. The van der Waals surface area contributed by atoms with Crippen molar-refractivity contribution in [3.8, 4) is 0 Å². The van der Waals surface area contributed by atoms with Gasteiger partial charge in [0.15, 0.2) is 0 Å². The van der Waals surface area contributed by atoms with Crippen molar-refractivity contribution in [1.82, 2.24) is 10.3 Å². The first kappa shape index (κ1) is 18.0. The Morgan fingerprint density at radius 1 is 1.38 bits per heavy atom. The quantitative estimate of drug-likeness (QED) is 0.431. The lowest BCUT2D eigenvalue weighted by Gasteiger charge is -2.30. The van der Waals surface area contributed by atoms with E-state index >= 15 is 0 Å². The molecule has 0 bridgehead atoms. The zero-order chi connectivity index (χ0) is 15.7. The molecule has 1 unspecified atom stereocenters. The number of rotatable bonds is 9. The summed E-state index contributed by atoms with van der Waals surface area (Å²) in [5, 5.41) is 3.33. The normalized spacial score (nSPS) is 14.0. The predicted octanol–water partition coefficient (Wildman–Crippen LogP) is 3.27. The molecule has 118 valence electrons. The number of pyridine rings is 1. The van der Waals surface area contributed by atoms with Gasteiger partial charge in [0.25, 0.3) is 0 Å². The molecule has 0 amide bonds. The Morgan fingerprint density at radius 3 is 2.62 bits per heavy atom. The van der Waals surface area contributed by atoms with E-state index in [1.54, 1.807) is 0 Å². The van der Waals surface area contributed by atoms with Gasteiger partial charge in [-0.2, -0.15) is 0 Å². The summed E-state index contributed by atoms with van der Waals surface area (Å²) >= 11 is 1.82. The van der Waals surface area contributed by atoms with Crippen LogP contribution >= 0.6 is 11.8 Å². The Kier molecular flexibility index (Phi) is 7.75. The van der Waals surface area contributed by atoms with Crippen LogP contribution in [0.25, 0.3) is 0 Å². The third-order valence-corrected chi connectivity index (χ3v) is 4.33. The van der Waals surface area contributed by atoms with Crippen LogP contribution in [0.15, 0.2) is 29.4 Å². The molecule has 5 heteroatoms. The Morgan fingerprint density at radius 2 is 2.05 bits per heavy atom. The molecule has 0 spiro atoms. The fourth-order valence-electron chi connectivity index (χ4n) is 2.30. The number of thioether (sulfide) groups is 1. The lowest BCUT2D eigenvalue weighted by molar-refractivity contribution is -0.148. The second-order valence-corrected chi connectivity index (χ2v) is 6.78. The van der Waals surface area contributed by atoms with E-state index in [0.29, 0.717) is 0 Å². The summed E-state index contributed by atoms with van der Waals surface area (Å²) in [6.07, 6.45) is 6.46. The van der Waals surface area contributed by atoms with E-state index in [4.69, 9.17) is 4.74 Å². The molecular weight excluding hydrogens is 284 g/mol. The SMILES string of the molecule is COC(=O)C(C)(CCCCSc1ccncc1)NC(C)C. The number of hydrogen-bond donors (Lipinski definition) is 1. The molecule has 1 N–H and O–H groups in total. The summed E-state index contributed by atoms with van der Waals surface area (Å²) in [7, 11) is 1.45. The second kappa shape index (κ2) is 9.05. The van der Waals surface area contributed by atoms with Gasteiger partial charge >= 0.3 is 5.97 Å². The van der Waals surface area contributed by atoms with Crippen molar-refractivity contribution >= 4 is 17.7 Å². The number of esters is 1. The van der Waals surface area contributed by atoms with Crippen molar-refractivity contribution in [2.24, 2.45) is 0 Å². The van der Waals surface area contributed by atoms with E-state index < -0.39 is 5.54 Å². The summed E-state index contributed by atoms with van der Waals surface area (Å²) in [6, 6.07) is 4.29. The number of unbranched alkanes of at least 4 members (excludes halogenated alkanes) is 1. The van der Waals surface area contributed by atoms with E-state index in [-0.39, 0.29) is 12.0 Å². The van der Waals surface area contributed by atoms with E-state index in [1.165, 1.54) is 12.0 Å². The summed E-state index contributed by atoms with van der Waals surface area (Å²) in [6.45, 7) is 6.01. The van der Waals surface area contributed by atoms with Crippen molar-refractivity contribution in [3.63, 3.8) is 0 Å². The molecule has 1 rings (SSSR count). The molecule has 0 saturated carbocycles. The number of carbonyl (C=O) groups is 1. The molecule has 0 fully saturated rings. The molecule has 0 aliphatic rings. The lowest BCUT2D eigenvalue weighted by atomic mass is 9.94. The summed E-state index contributed by atoms with van der Waals surface area (Å²) < 4.78 is 4.93. The number of hydrogen-bond acceptors (Lipinski definition) is 5. The fourth-order valence-corrected chi connectivity index (χ4v) is 3.20. The maximum atomic E-state index is 12.0. The molecule has 0 aliphatic heterocycles. The molecule has 0 radical (unpaired) electrons. The Bertz CT molecular complexity index is 426. The number of ether oxygens (including phenoxy) is 1. The number of carbonyl (C=O) groups excluding carboxylic acids is 1. The first-order valence-electron chi connectivity index (χ1n) is 7.37. The number of methoxy groups -OCH3 is 1. The van der Waals surface area contributed by atoms with Gasteiger partial charge in [0.2, 0.25) is 0 Å². The van der Waals surface area contributed by atoms with Gasteiger partial charge in [-0.3, -0.25) is 15.1 Å². The molecule has 1 aromatic heterocycles. The average molecular weight is 310 g/mol. The van der Waals surface area contributed by atoms with E-state index in [0.717, 1.165) is 25.0 Å². The third-order valence-electron chi connectivity index (χ3n) is 3.23. The van der Waals surface area contributed by atoms with Gasteiger partial charge in [0.1, 0.15) is 5.54 Å². The highest BCUT2D eigenvalue weighted by molar-refractivity contribution is 7.99. The summed E-state index contributed by atoms with van der Waals surface area (Å²) in [5.74, 6) is 0.862. The first-order valence-corrected chi connectivity index (χ1v) is 8.35. The van der Waals surface area contributed by atoms with Crippen LogP contribution in [0.4, 0.5) is 0 Å². The van der Waals surface area contributed by atoms with Crippen molar-refractivity contribution < 1.29 is 9.53 Å². The zero-order valence-corrected chi connectivity index (χ0v) is 14.2. The molecular formula is C16H26N2O2S. The average Bonchev–Trinajstić information content (AvgIpc) is 2.46. The highest BCUT2D eigenvalue weighted by Gasteiger charge is 2.33. The molecule has 1 atom stereocenters. The van der Waals surface area contributed by atoms with Crippen molar-refractivity contribution in [1.29, 1.82) is 0 Å². The van der Waals surface area contributed by atoms with Crippen LogP contribution in [0.5, 0.6) is 0 Å². The van der Waals surface area contributed by atoms with Crippen LogP contribution in [0.3, 0.4) is 0 Å². The third kappa shape index (κ3) is 6.48. The van der Waals surface area contributed by atoms with Gasteiger partial charge in [-0.05, 0) is 51.5 Å². The topological polar surface area (TPSA) is 51.2 Å². The van der Waals surface area contributed by atoms with Crippen molar-refractivity contribution in [2.75, 3.05) is 12.9 Å². The van der Waals surface area contributed by atoms with Gasteiger partial charge in [-0.25, -0.2) is 0 Å². The van der Waals surface area contributed by atoms with Crippen molar-refractivity contribution in [3.05, 3.63) is 24.5 Å². The minimum Gasteiger partial charge on any atom is -0.468 e. The summed E-state index contributed by atoms with van der Waals surface area (Å²) in [5.41, 5.74) is -0.593. The number of aromatic nitrogens is 1. The van der Waals surface area contributed by atoms with E-state index in [9.17, 15) is 4.79 Å². The standard InChI is InChI=1S/C16H26N2O2S/c1-13(2)18-16(3,15(19)20-4)9-5-6-12-21-14-7-10-17-11-8-14/h7-8,10-11,13,18H,5-6,9,12H2,1-4H3. The fraction of sp³-hybridized carbons (Fsp3) is 0.625. The molecule has 21 heavy (non-hydrogen) atoms. The van der Waals surface area contributed by atoms with Crippen molar-refractivity contribution in [2.45, 2.75) is 56.5 Å². The van der Waals surface area contributed by atoms with Gasteiger partial charge in [0.05, 0.1) is 7.11 Å². The highest BCUT2D eigenvalue weighted by Crippen LogP contribution is 2.21. The largest absolute Gasteiger partial charge is 0.468 e. The lowest BCUT2D eigenvalue weighted by Crippen LogP contribution is -2.52. The molecule has 0 saturated heterocycles. The van der Waals surface area contributed by atoms with Gasteiger partial charge < -0.3 is 4.74 Å². The Balaban J connectivity index is 2.35. The maximum Gasteiger partial charge on any atom is 0.325 e. The minimum atomic E-state index is -0.593. The van der Waals surface area contributed by atoms with Gasteiger partial charge in [-0.1, -0.05) is 6.42 Å². The molecule has 1 heterocycles. The molecule has 0 aromatic carbocycles. The molecule has 1 aromatic rings. The zero-order valence-electron chi connectivity index (χ0n) is 13.4. The number of nitrogens with zero attached hydrogens (tertiary/aromatic N) is 1.